The Morgan fingerprint density at radius 2 is 2.47 bits per heavy atom. The van der Waals surface area contributed by atoms with Gasteiger partial charge in [0.25, 0.3) is 0 Å². The van der Waals surface area contributed by atoms with Crippen molar-refractivity contribution >= 4 is 0 Å². The van der Waals surface area contributed by atoms with E-state index < -0.39 is 5.60 Å². The highest BCUT2D eigenvalue weighted by molar-refractivity contribution is 5.09. The number of hydrogen-bond donors (Lipinski definition) is 1. The van der Waals surface area contributed by atoms with Gasteiger partial charge in [0.1, 0.15) is 0 Å². The first-order chi connectivity index (χ1) is 7.07. The molecule has 84 valence electrons. The van der Waals surface area contributed by atoms with Crippen LogP contribution in [0, 0.1) is 5.92 Å². The molecule has 0 radical (unpaired) electrons. The van der Waals surface area contributed by atoms with Gasteiger partial charge in [-0.2, -0.15) is 5.10 Å². The van der Waals surface area contributed by atoms with E-state index in [4.69, 9.17) is 0 Å². The predicted octanol–water partition coefficient (Wildman–Crippen LogP) is 1.90. The third-order valence-electron chi connectivity index (χ3n) is 3.36. The van der Waals surface area contributed by atoms with Crippen LogP contribution in [0.15, 0.2) is 12.4 Å². The van der Waals surface area contributed by atoms with Gasteiger partial charge in [-0.05, 0) is 24.3 Å². The zero-order valence-corrected chi connectivity index (χ0v) is 9.61. The zero-order valence-electron chi connectivity index (χ0n) is 9.61. The maximum absolute atomic E-state index is 10.5. The lowest BCUT2D eigenvalue weighted by atomic mass is 9.76. The third kappa shape index (κ3) is 2.59. The summed E-state index contributed by atoms with van der Waals surface area (Å²) in [6.45, 7) is 2.23. The second kappa shape index (κ2) is 3.97. The van der Waals surface area contributed by atoms with Crippen molar-refractivity contribution in [3.8, 4) is 0 Å². The molecule has 1 aromatic heterocycles. The minimum absolute atomic E-state index is 0.485. The standard InChI is InChI=1S/C12H20N2O/c1-10-4-3-5-12(15,6-10)7-11-8-13-14(2)9-11/h8-10,15H,3-7H2,1-2H3. The van der Waals surface area contributed by atoms with Gasteiger partial charge in [0.15, 0.2) is 0 Å². The van der Waals surface area contributed by atoms with Crippen molar-refractivity contribution in [1.82, 2.24) is 9.78 Å². The Balaban J connectivity index is 2.03. The Kier molecular flexibility index (Phi) is 2.83. The van der Waals surface area contributed by atoms with Crippen LogP contribution in [0.25, 0.3) is 0 Å². The Hall–Kier alpha value is -0.830. The summed E-state index contributed by atoms with van der Waals surface area (Å²) >= 11 is 0. The SMILES string of the molecule is CC1CCCC(O)(Cc2cnn(C)c2)C1. The maximum Gasteiger partial charge on any atom is 0.0691 e. The van der Waals surface area contributed by atoms with Gasteiger partial charge in [-0.15, -0.1) is 0 Å². The van der Waals surface area contributed by atoms with Crippen molar-refractivity contribution in [2.24, 2.45) is 13.0 Å². The summed E-state index contributed by atoms with van der Waals surface area (Å²) < 4.78 is 1.80. The average Bonchev–Trinajstić information content (AvgIpc) is 2.49. The fourth-order valence-corrected chi connectivity index (χ4v) is 2.74. The molecular formula is C12H20N2O. The molecule has 1 aliphatic carbocycles. The second-order valence-electron chi connectivity index (χ2n) is 5.12. The van der Waals surface area contributed by atoms with Crippen molar-refractivity contribution in [1.29, 1.82) is 0 Å². The van der Waals surface area contributed by atoms with Crippen molar-refractivity contribution in [3.63, 3.8) is 0 Å². The molecule has 0 aromatic carbocycles. The van der Waals surface area contributed by atoms with E-state index in [1.807, 2.05) is 19.4 Å². The normalized spacial score (nSPS) is 31.8. The Morgan fingerprint density at radius 1 is 1.67 bits per heavy atom. The maximum atomic E-state index is 10.5. The van der Waals surface area contributed by atoms with Crippen LogP contribution in [0.1, 0.15) is 38.2 Å². The lowest BCUT2D eigenvalue weighted by Gasteiger charge is -2.35. The van der Waals surface area contributed by atoms with Crippen LogP contribution in [0.5, 0.6) is 0 Å². The van der Waals surface area contributed by atoms with Crippen LogP contribution in [-0.4, -0.2) is 20.5 Å². The molecule has 1 heterocycles. The van der Waals surface area contributed by atoms with Crippen LogP contribution in [0.3, 0.4) is 0 Å². The highest BCUT2D eigenvalue weighted by atomic mass is 16.3. The molecule has 2 rings (SSSR count). The number of nitrogens with zero attached hydrogens (tertiary/aromatic N) is 2. The largest absolute Gasteiger partial charge is 0.390 e. The summed E-state index contributed by atoms with van der Waals surface area (Å²) in [5.41, 5.74) is 0.662. The smallest absolute Gasteiger partial charge is 0.0691 e. The van der Waals surface area contributed by atoms with Crippen LogP contribution in [0.2, 0.25) is 0 Å². The third-order valence-corrected chi connectivity index (χ3v) is 3.36. The molecule has 2 unspecified atom stereocenters. The average molecular weight is 208 g/mol. The Labute approximate surface area is 91.1 Å². The number of hydrogen-bond acceptors (Lipinski definition) is 2. The summed E-state index contributed by atoms with van der Waals surface area (Å²) in [7, 11) is 1.91. The molecule has 1 fully saturated rings. The van der Waals surface area contributed by atoms with E-state index in [1.165, 1.54) is 6.42 Å². The first-order valence-electron chi connectivity index (χ1n) is 5.77. The van der Waals surface area contributed by atoms with Crippen molar-refractivity contribution in [3.05, 3.63) is 18.0 Å². The lowest BCUT2D eigenvalue weighted by molar-refractivity contribution is -0.0123. The van der Waals surface area contributed by atoms with Crippen molar-refractivity contribution in [2.45, 2.75) is 44.6 Å². The second-order valence-corrected chi connectivity index (χ2v) is 5.12. The summed E-state index contributed by atoms with van der Waals surface area (Å²) in [6, 6.07) is 0. The summed E-state index contributed by atoms with van der Waals surface area (Å²) in [4.78, 5) is 0. The minimum Gasteiger partial charge on any atom is -0.390 e. The molecule has 1 aromatic rings. The van der Waals surface area contributed by atoms with E-state index in [9.17, 15) is 5.11 Å². The van der Waals surface area contributed by atoms with Gasteiger partial charge in [0.05, 0.1) is 11.8 Å². The number of aromatic nitrogens is 2. The molecule has 1 N–H and O–H groups in total. The fraction of sp³-hybridized carbons (Fsp3) is 0.750. The van der Waals surface area contributed by atoms with Gasteiger partial charge in [-0.1, -0.05) is 19.8 Å². The molecule has 1 saturated carbocycles. The quantitative estimate of drug-likeness (QED) is 0.806. The molecule has 3 heteroatoms. The van der Waals surface area contributed by atoms with Crippen LogP contribution in [-0.2, 0) is 13.5 Å². The summed E-state index contributed by atoms with van der Waals surface area (Å²) in [6.07, 6.45) is 8.89. The van der Waals surface area contributed by atoms with E-state index in [0.717, 1.165) is 31.2 Å². The van der Waals surface area contributed by atoms with Crippen molar-refractivity contribution < 1.29 is 5.11 Å². The molecule has 0 aliphatic heterocycles. The van der Waals surface area contributed by atoms with Gasteiger partial charge in [0.2, 0.25) is 0 Å². The van der Waals surface area contributed by atoms with Crippen LogP contribution in [0.4, 0.5) is 0 Å². The molecule has 0 saturated heterocycles. The summed E-state index contributed by atoms with van der Waals surface area (Å²) in [5.74, 6) is 0.653. The predicted molar refractivity (Wildman–Crippen MR) is 59.5 cm³/mol. The van der Waals surface area contributed by atoms with Crippen molar-refractivity contribution in [2.75, 3.05) is 0 Å². The van der Waals surface area contributed by atoms with Gasteiger partial charge < -0.3 is 5.11 Å². The first kappa shape index (κ1) is 10.7. The lowest BCUT2D eigenvalue weighted by Crippen LogP contribution is -2.36. The van der Waals surface area contributed by atoms with Gasteiger partial charge in [-0.3, -0.25) is 4.68 Å². The monoisotopic (exact) mass is 208 g/mol. The topological polar surface area (TPSA) is 38.1 Å². The van der Waals surface area contributed by atoms with E-state index in [1.54, 1.807) is 4.68 Å². The molecular weight excluding hydrogens is 188 g/mol. The van der Waals surface area contributed by atoms with E-state index >= 15 is 0 Å². The Morgan fingerprint density at radius 3 is 3.07 bits per heavy atom. The molecule has 3 nitrogen and oxygen atoms in total. The molecule has 0 amide bonds. The molecule has 0 spiro atoms. The minimum atomic E-state index is -0.485. The molecule has 2 atom stereocenters. The number of rotatable bonds is 2. The molecule has 1 aliphatic rings. The molecule has 0 bridgehead atoms. The van der Waals surface area contributed by atoms with E-state index in [0.29, 0.717) is 5.92 Å². The van der Waals surface area contributed by atoms with E-state index in [2.05, 4.69) is 12.0 Å². The highest BCUT2D eigenvalue weighted by Gasteiger charge is 2.32. The number of aryl methyl sites for hydroxylation is 1. The zero-order chi connectivity index (χ0) is 10.9. The first-order valence-corrected chi connectivity index (χ1v) is 5.77. The van der Waals surface area contributed by atoms with Crippen LogP contribution >= 0.6 is 0 Å². The van der Waals surface area contributed by atoms with E-state index in [-0.39, 0.29) is 0 Å². The van der Waals surface area contributed by atoms with Gasteiger partial charge in [0, 0.05) is 19.7 Å². The van der Waals surface area contributed by atoms with Gasteiger partial charge >= 0.3 is 0 Å². The number of aliphatic hydroxyl groups is 1. The summed E-state index contributed by atoms with van der Waals surface area (Å²) in [5, 5.41) is 14.6. The van der Waals surface area contributed by atoms with Crippen LogP contribution < -0.4 is 0 Å². The highest BCUT2D eigenvalue weighted by Crippen LogP contribution is 2.34. The Bertz CT molecular complexity index is 334. The van der Waals surface area contributed by atoms with Gasteiger partial charge in [-0.25, -0.2) is 0 Å². The molecule has 15 heavy (non-hydrogen) atoms. The fourth-order valence-electron chi connectivity index (χ4n) is 2.74.